The number of aryl methyl sites for hydroxylation is 1. The van der Waals surface area contributed by atoms with Crippen molar-refractivity contribution in [1.82, 2.24) is 4.98 Å². The summed E-state index contributed by atoms with van der Waals surface area (Å²) in [5.74, 6) is 0.822. The number of aliphatic hydroxyl groups excluding tert-OH is 1. The first-order chi connectivity index (χ1) is 9.83. The SMILES string of the molecule is Cc1ccncc1C(O)C12CC3CC(C)(CC(C)(C3)C1)C2. The van der Waals surface area contributed by atoms with Gasteiger partial charge in [-0.25, -0.2) is 0 Å². The van der Waals surface area contributed by atoms with Crippen LogP contribution in [0.2, 0.25) is 0 Å². The molecule has 1 heterocycles. The van der Waals surface area contributed by atoms with Gasteiger partial charge < -0.3 is 5.11 Å². The van der Waals surface area contributed by atoms with E-state index in [9.17, 15) is 5.11 Å². The van der Waals surface area contributed by atoms with Gasteiger partial charge in [0, 0.05) is 23.4 Å². The Morgan fingerprint density at radius 1 is 1.14 bits per heavy atom. The second-order valence-corrected chi connectivity index (χ2v) is 9.13. The number of nitrogens with zero attached hydrogens (tertiary/aromatic N) is 1. The van der Waals surface area contributed by atoms with E-state index in [2.05, 4.69) is 25.8 Å². The normalized spacial score (nSPS) is 45.8. The van der Waals surface area contributed by atoms with E-state index in [4.69, 9.17) is 0 Å². The highest BCUT2D eigenvalue weighted by atomic mass is 16.3. The van der Waals surface area contributed by atoms with Gasteiger partial charge >= 0.3 is 0 Å². The van der Waals surface area contributed by atoms with Gasteiger partial charge in [-0.15, -0.1) is 0 Å². The van der Waals surface area contributed by atoms with E-state index in [1.165, 1.54) is 44.1 Å². The Balaban J connectivity index is 1.76. The maximum Gasteiger partial charge on any atom is 0.0864 e. The highest BCUT2D eigenvalue weighted by Gasteiger charge is 2.62. The summed E-state index contributed by atoms with van der Waals surface area (Å²) in [6.07, 6.45) is 11.1. The summed E-state index contributed by atoms with van der Waals surface area (Å²) in [6.45, 7) is 7.03. The summed E-state index contributed by atoms with van der Waals surface area (Å²) in [6, 6.07) is 2.03. The molecular formula is C19H27NO. The lowest BCUT2D eigenvalue weighted by atomic mass is 9.39. The maximum absolute atomic E-state index is 11.3. The number of hydrogen-bond acceptors (Lipinski definition) is 2. The van der Waals surface area contributed by atoms with Gasteiger partial charge in [-0.3, -0.25) is 4.98 Å². The summed E-state index contributed by atoms with van der Waals surface area (Å²) in [5.41, 5.74) is 3.24. The van der Waals surface area contributed by atoms with Crippen molar-refractivity contribution < 1.29 is 5.11 Å². The molecule has 0 radical (unpaired) electrons. The monoisotopic (exact) mass is 285 g/mol. The quantitative estimate of drug-likeness (QED) is 0.872. The summed E-state index contributed by atoms with van der Waals surface area (Å²) in [7, 11) is 0. The van der Waals surface area contributed by atoms with Gasteiger partial charge in [0.05, 0.1) is 6.10 Å². The van der Waals surface area contributed by atoms with E-state index < -0.39 is 0 Å². The standard InChI is InChI=1S/C19H27NO/c1-13-4-5-20-9-15(13)16(21)19-8-14-6-17(2,11-19)10-18(3,7-14)12-19/h4-5,9,14,16,21H,6-8,10-12H2,1-3H3. The molecule has 5 rings (SSSR count). The molecule has 2 nitrogen and oxygen atoms in total. The average Bonchev–Trinajstić information content (AvgIpc) is 2.34. The van der Waals surface area contributed by atoms with Crippen molar-refractivity contribution in [3.8, 4) is 0 Å². The molecule has 1 aromatic heterocycles. The molecule has 4 saturated carbocycles. The minimum absolute atomic E-state index is 0.0940. The third kappa shape index (κ3) is 1.98. The molecular weight excluding hydrogens is 258 g/mol. The minimum atomic E-state index is -0.340. The molecule has 0 amide bonds. The number of aliphatic hydroxyl groups is 1. The van der Waals surface area contributed by atoms with Gasteiger partial charge in [-0.1, -0.05) is 13.8 Å². The molecule has 21 heavy (non-hydrogen) atoms. The van der Waals surface area contributed by atoms with Crippen molar-refractivity contribution in [3.05, 3.63) is 29.6 Å². The van der Waals surface area contributed by atoms with Gasteiger partial charge in [-0.05, 0) is 73.8 Å². The molecule has 1 aromatic rings. The number of aromatic nitrogens is 1. The fraction of sp³-hybridized carbons (Fsp3) is 0.737. The molecule has 0 spiro atoms. The van der Waals surface area contributed by atoms with E-state index in [0.717, 1.165) is 11.5 Å². The first-order valence-corrected chi connectivity index (χ1v) is 8.42. The molecule has 0 aliphatic heterocycles. The van der Waals surface area contributed by atoms with Crippen molar-refractivity contribution in [1.29, 1.82) is 0 Å². The van der Waals surface area contributed by atoms with Crippen LogP contribution in [0.4, 0.5) is 0 Å². The Morgan fingerprint density at radius 2 is 1.81 bits per heavy atom. The Bertz CT molecular complexity index is 563. The van der Waals surface area contributed by atoms with E-state index in [1.54, 1.807) is 0 Å². The van der Waals surface area contributed by atoms with Crippen LogP contribution in [-0.4, -0.2) is 10.1 Å². The zero-order valence-corrected chi connectivity index (χ0v) is 13.5. The molecule has 4 aliphatic carbocycles. The molecule has 0 saturated heterocycles. The van der Waals surface area contributed by atoms with Gasteiger partial charge in [0.25, 0.3) is 0 Å². The fourth-order valence-electron chi connectivity index (χ4n) is 6.93. The van der Waals surface area contributed by atoms with Crippen LogP contribution in [0.5, 0.6) is 0 Å². The topological polar surface area (TPSA) is 33.1 Å². The highest BCUT2D eigenvalue weighted by molar-refractivity contribution is 5.27. The summed E-state index contributed by atoms with van der Waals surface area (Å²) >= 11 is 0. The van der Waals surface area contributed by atoms with Gasteiger partial charge in [0.2, 0.25) is 0 Å². The van der Waals surface area contributed by atoms with Crippen LogP contribution in [0.15, 0.2) is 18.5 Å². The third-order valence-electron chi connectivity index (χ3n) is 6.62. The average molecular weight is 285 g/mol. The predicted octanol–water partition coefficient (Wildman–Crippen LogP) is 4.42. The lowest BCUT2D eigenvalue weighted by molar-refractivity contribution is -0.187. The highest BCUT2D eigenvalue weighted by Crippen LogP contribution is 2.72. The molecule has 4 fully saturated rings. The van der Waals surface area contributed by atoms with Crippen LogP contribution in [0.1, 0.15) is 69.6 Å². The Hall–Kier alpha value is -0.890. The van der Waals surface area contributed by atoms with Crippen LogP contribution >= 0.6 is 0 Å². The maximum atomic E-state index is 11.3. The summed E-state index contributed by atoms with van der Waals surface area (Å²) in [4.78, 5) is 4.27. The first-order valence-electron chi connectivity index (χ1n) is 8.42. The van der Waals surface area contributed by atoms with Gasteiger partial charge in [0.15, 0.2) is 0 Å². The van der Waals surface area contributed by atoms with Crippen molar-refractivity contribution in [2.24, 2.45) is 22.2 Å². The largest absolute Gasteiger partial charge is 0.388 e. The van der Waals surface area contributed by atoms with Crippen LogP contribution in [-0.2, 0) is 0 Å². The third-order valence-corrected chi connectivity index (χ3v) is 6.62. The lowest BCUT2D eigenvalue weighted by Gasteiger charge is -2.66. The number of hydrogen-bond donors (Lipinski definition) is 1. The smallest absolute Gasteiger partial charge is 0.0864 e. The molecule has 3 unspecified atom stereocenters. The second kappa shape index (κ2) is 4.10. The fourth-order valence-corrected chi connectivity index (χ4v) is 6.93. The van der Waals surface area contributed by atoms with Crippen LogP contribution < -0.4 is 0 Å². The molecule has 0 aromatic carbocycles. The molecule has 3 atom stereocenters. The van der Waals surface area contributed by atoms with E-state index in [-0.39, 0.29) is 11.5 Å². The number of pyridine rings is 1. The van der Waals surface area contributed by atoms with Crippen LogP contribution in [0.3, 0.4) is 0 Å². The predicted molar refractivity (Wildman–Crippen MR) is 83.8 cm³/mol. The van der Waals surface area contributed by atoms with Crippen LogP contribution in [0, 0.1) is 29.1 Å². The molecule has 114 valence electrons. The van der Waals surface area contributed by atoms with E-state index >= 15 is 0 Å². The number of rotatable bonds is 2. The Labute approximate surface area is 128 Å². The van der Waals surface area contributed by atoms with Gasteiger partial charge in [0.1, 0.15) is 0 Å². The zero-order chi connectivity index (χ0) is 14.9. The minimum Gasteiger partial charge on any atom is -0.388 e. The summed E-state index contributed by atoms with van der Waals surface area (Å²) < 4.78 is 0. The van der Waals surface area contributed by atoms with Crippen molar-refractivity contribution >= 4 is 0 Å². The van der Waals surface area contributed by atoms with E-state index in [1.807, 2.05) is 18.5 Å². The first kappa shape index (κ1) is 13.8. The Kier molecular flexibility index (Phi) is 2.68. The second-order valence-electron chi connectivity index (χ2n) is 9.13. The zero-order valence-electron chi connectivity index (χ0n) is 13.5. The van der Waals surface area contributed by atoms with Gasteiger partial charge in [-0.2, -0.15) is 0 Å². The van der Waals surface area contributed by atoms with Crippen molar-refractivity contribution in [2.45, 2.75) is 65.4 Å². The molecule has 2 heteroatoms. The molecule has 4 bridgehead atoms. The van der Waals surface area contributed by atoms with E-state index in [0.29, 0.717) is 10.8 Å². The van der Waals surface area contributed by atoms with Crippen LogP contribution in [0.25, 0.3) is 0 Å². The summed E-state index contributed by atoms with van der Waals surface area (Å²) in [5, 5.41) is 11.3. The molecule has 1 N–H and O–H groups in total. The lowest BCUT2D eigenvalue weighted by Crippen LogP contribution is -2.56. The van der Waals surface area contributed by atoms with Crippen molar-refractivity contribution in [3.63, 3.8) is 0 Å². The molecule has 4 aliphatic rings. The Morgan fingerprint density at radius 3 is 2.38 bits per heavy atom. The van der Waals surface area contributed by atoms with Crippen molar-refractivity contribution in [2.75, 3.05) is 0 Å².